The Bertz CT molecular complexity index is 602. The van der Waals surface area contributed by atoms with Gasteiger partial charge in [0.05, 0.1) is 17.0 Å². The van der Waals surface area contributed by atoms with Crippen LogP contribution in [-0.4, -0.2) is 25.8 Å². The number of carboxylic acids is 1. The summed E-state index contributed by atoms with van der Waals surface area (Å²) in [4.78, 5) is 14.7. The summed E-state index contributed by atoms with van der Waals surface area (Å²) in [6, 6.07) is 3.15. The first-order valence-electron chi connectivity index (χ1n) is 5.80. The molecule has 6 nitrogen and oxygen atoms in total. The van der Waals surface area contributed by atoms with Gasteiger partial charge in [-0.05, 0) is 26.0 Å². The molecule has 0 aliphatic rings. The van der Waals surface area contributed by atoms with Crippen molar-refractivity contribution in [2.45, 2.75) is 20.5 Å². The van der Waals surface area contributed by atoms with E-state index in [2.05, 4.69) is 10.1 Å². The zero-order chi connectivity index (χ0) is 14.0. The largest absolute Gasteiger partial charge is 0.483 e. The van der Waals surface area contributed by atoms with E-state index in [1.165, 1.54) is 12.3 Å². The average Bonchev–Trinajstić information content (AvgIpc) is 2.62. The quantitative estimate of drug-likeness (QED) is 0.906. The molecule has 0 amide bonds. The number of rotatable bonds is 4. The number of ether oxygens (including phenoxy) is 1. The number of aryl methyl sites for hydroxylation is 2. The van der Waals surface area contributed by atoms with Crippen molar-refractivity contribution in [3.05, 3.63) is 41.0 Å². The maximum Gasteiger partial charge on any atom is 0.337 e. The lowest BCUT2D eigenvalue weighted by Crippen LogP contribution is -2.02. The van der Waals surface area contributed by atoms with Crippen molar-refractivity contribution in [1.29, 1.82) is 0 Å². The van der Waals surface area contributed by atoms with Gasteiger partial charge in [0.15, 0.2) is 5.75 Å². The molecular formula is C13H15N3O3. The van der Waals surface area contributed by atoms with Crippen LogP contribution in [0.2, 0.25) is 0 Å². The Morgan fingerprint density at radius 1 is 1.42 bits per heavy atom. The molecular weight excluding hydrogens is 246 g/mol. The van der Waals surface area contributed by atoms with Gasteiger partial charge in [-0.15, -0.1) is 0 Å². The van der Waals surface area contributed by atoms with E-state index in [1.807, 2.05) is 20.9 Å². The summed E-state index contributed by atoms with van der Waals surface area (Å²) in [5.41, 5.74) is 2.60. The topological polar surface area (TPSA) is 77.2 Å². The third kappa shape index (κ3) is 2.73. The molecule has 1 N–H and O–H groups in total. The highest BCUT2D eigenvalue weighted by molar-refractivity contribution is 5.87. The third-order valence-electron chi connectivity index (χ3n) is 2.88. The first kappa shape index (κ1) is 13.1. The third-order valence-corrected chi connectivity index (χ3v) is 2.88. The molecule has 0 aliphatic heterocycles. The molecule has 0 saturated heterocycles. The molecule has 0 fully saturated rings. The van der Waals surface area contributed by atoms with Crippen molar-refractivity contribution in [1.82, 2.24) is 14.8 Å². The average molecular weight is 261 g/mol. The second kappa shape index (κ2) is 5.09. The van der Waals surface area contributed by atoms with Gasteiger partial charge in [-0.25, -0.2) is 4.79 Å². The number of hydrogen-bond donors (Lipinski definition) is 1. The van der Waals surface area contributed by atoms with Gasteiger partial charge in [0.2, 0.25) is 0 Å². The molecule has 0 saturated carbocycles. The molecule has 2 rings (SSSR count). The predicted molar refractivity (Wildman–Crippen MR) is 68.2 cm³/mol. The minimum absolute atomic E-state index is 0.164. The Balaban J connectivity index is 2.08. The monoisotopic (exact) mass is 261 g/mol. The van der Waals surface area contributed by atoms with Crippen molar-refractivity contribution >= 4 is 5.97 Å². The van der Waals surface area contributed by atoms with Gasteiger partial charge < -0.3 is 9.84 Å². The van der Waals surface area contributed by atoms with Gasteiger partial charge in [-0.2, -0.15) is 5.10 Å². The molecule has 0 aliphatic carbocycles. The van der Waals surface area contributed by atoms with Crippen LogP contribution in [0.1, 0.15) is 27.4 Å². The van der Waals surface area contributed by atoms with E-state index in [-0.39, 0.29) is 12.2 Å². The number of nitrogens with zero attached hydrogens (tertiary/aromatic N) is 3. The lowest BCUT2D eigenvalue weighted by atomic mass is 10.2. The van der Waals surface area contributed by atoms with Gasteiger partial charge in [-0.3, -0.25) is 9.67 Å². The molecule has 19 heavy (non-hydrogen) atoms. The Kier molecular flexibility index (Phi) is 3.50. The van der Waals surface area contributed by atoms with Crippen LogP contribution in [-0.2, 0) is 13.7 Å². The van der Waals surface area contributed by atoms with Crippen LogP contribution in [0.15, 0.2) is 18.3 Å². The fourth-order valence-electron chi connectivity index (χ4n) is 1.75. The maximum absolute atomic E-state index is 10.7. The van der Waals surface area contributed by atoms with E-state index >= 15 is 0 Å². The molecule has 0 atom stereocenters. The SMILES string of the molecule is Cc1nn(C)c(C)c1OCc1ccc(C(=O)O)cn1. The molecule has 0 radical (unpaired) electrons. The lowest BCUT2D eigenvalue weighted by molar-refractivity contribution is 0.0696. The van der Waals surface area contributed by atoms with E-state index in [4.69, 9.17) is 9.84 Å². The van der Waals surface area contributed by atoms with Gasteiger partial charge in [0.1, 0.15) is 12.3 Å². The summed E-state index contributed by atoms with van der Waals surface area (Å²) in [7, 11) is 1.86. The molecule has 0 bridgehead atoms. The van der Waals surface area contributed by atoms with Crippen molar-refractivity contribution in [3.8, 4) is 5.75 Å². The van der Waals surface area contributed by atoms with Gasteiger partial charge in [-0.1, -0.05) is 0 Å². The fourth-order valence-corrected chi connectivity index (χ4v) is 1.75. The summed E-state index contributed by atoms with van der Waals surface area (Å²) >= 11 is 0. The number of hydrogen-bond acceptors (Lipinski definition) is 4. The maximum atomic E-state index is 10.7. The minimum Gasteiger partial charge on any atom is -0.483 e. The second-order valence-electron chi connectivity index (χ2n) is 4.26. The molecule has 100 valence electrons. The number of pyridine rings is 1. The number of carbonyl (C=O) groups is 1. The van der Waals surface area contributed by atoms with Crippen molar-refractivity contribution in [2.75, 3.05) is 0 Å². The Labute approximate surface area is 110 Å². The Hall–Kier alpha value is -2.37. The highest BCUT2D eigenvalue weighted by atomic mass is 16.5. The Morgan fingerprint density at radius 2 is 2.16 bits per heavy atom. The first-order valence-corrected chi connectivity index (χ1v) is 5.80. The standard InChI is InChI=1S/C13H15N3O3/c1-8-12(9(2)16(3)15-8)19-7-11-5-4-10(6-14-11)13(17)18/h4-6H,7H2,1-3H3,(H,17,18). The van der Waals surface area contributed by atoms with Crippen LogP contribution in [0.3, 0.4) is 0 Å². The van der Waals surface area contributed by atoms with Gasteiger partial charge in [0.25, 0.3) is 0 Å². The minimum atomic E-state index is -0.987. The van der Waals surface area contributed by atoms with Crippen LogP contribution in [0.4, 0.5) is 0 Å². The highest BCUT2D eigenvalue weighted by Crippen LogP contribution is 2.22. The Morgan fingerprint density at radius 3 is 2.63 bits per heavy atom. The number of aromatic carboxylic acids is 1. The lowest BCUT2D eigenvalue weighted by Gasteiger charge is -2.06. The molecule has 2 heterocycles. The van der Waals surface area contributed by atoms with Crippen molar-refractivity contribution in [2.24, 2.45) is 7.05 Å². The molecule has 2 aromatic heterocycles. The van der Waals surface area contributed by atoms with Gasteiger partial charge in [0, 0.05) is 13.2 Å². The van der Waals surface area contributed by atoms with Crippen molar-refractivity contribution < 1.29 is 14.6 Å². The van der Waals surface area contributed by atoms with E-state index in [1.54, 1.807) is 10.7 Å². The molecule has 0 aromatic carbocycles. The van der Waals surface area contributed by atoms with Crippen LogP contribution >= 0.6 is 0 Å². The predicted octanol–water partition coefficient (Wildman–Crippen LogP) is 1.71. The summed E-state index contributed by atoms with van der Waals surface area (Å²) in [6.07, 6.45) is 1.32. The zero-order valence-corrected chi connectivity index (χ0v) is 11.0. The molecule has 2 aromatic rings. The summed E-state index contributed by atoms with van der Waals surface area (Å²) in [5.74, 6) is -0.245. The summed E-state index contributed by atoms with van der Waals surface area (Å²) in [6.45, 7) is 4.09. The van der Waals surface area contributed by atoms with E-state index < -0.39 is 5.97 Å². The molecule has 6 heteroatoms. The van der Waals surface area contributed by atoms with E-state index in [0.29, 0.717) is 5.69 Å². The number of aromatic nitrogens is 3. The fraction of sp³-hybridized carbons (Fsp3) is 0.308. The van der Waals surface area contributed by atoms with E-state index in [9.17, 15) is 4.79 Å². The van der Waals surface area contributed by atoms with E-state index in [0.717, 1.165) is 17.1 Å². The van der Waals surface area contributed by atoms with Gasteiger partial charge >= 0.3 is 5.97 Å². The normalized spacial score (nSPS) is 10.5. The highest BCUT2D eigenvalue weighted by Gasteiger charge is 2.11. The molecule has 0 spiro atoms. The van der Waals surface area contributed by atoms with Crippen LogP contribution < -0.4 is 4.74 Å². The summed E-state index contributed by atoms with van der Waals surface area (Å²) < 4.78 is 7.44. The van der Waals surface area contributed by atoms with Crippen LogP contribution in [0.25, 0.3) is 0 Å². The number of carboxylic acid groups (broad SMARTS) is 1. The first-order chi connectivity index (χ1) is 8.99. The van der Waals surface area contributed by atoms with Crippen molar-refractivity contribution in [3.63, 3.8) is 0 Å². The second-order valence-corrected chi connectivity index (χ2v) is 4.26. The zero-order valence-electron chi connectivity index (χ0n) is 11.0. The smallest absolute Gasteiger partial charge is 0.337 e. The summed E-state index contributed by atoms with van der Waals surface area (Å²) in [5, 5.41) is 13.0. The van der Waals surface area contributed by atoms with Crippen LogP contribution in [0, 0.1) is 13.8 Å². The molecule has 0 unspecified atom stereocenters. The van der Waals surface area contributed by atoms with Crippen LogP contribution in [0.5, 0.6) is 5.75 Å².